The fraction of sp³-hybridized carbons (Fsp3) is 0.182. The van der Waals surface area contributed by atoms with Crippen molar-refractivity contribution >= 4 is 17.3 Å². The molecule has 27 heavy (non-hydrogen) atoms. The van der Waals surface area contributed by atoms with E-state index in [0.29, 0.717) is 5.69 Å². The highest BCUT2D eigenvalue weighted by atomic mass is 16.5. The minimum Gasteiger partial charge on any atom is -0.497 e. The molecule has 0 aliphatic carbocycles. The molecule has 5 heteroatoms. The average molecular weight is 361 g/mol. The Kier molecular flexibility index (Phi) is 6.05. The van der Waals surface area contributed by atoms with Gasteiger partial charge in [0.15, 0.2) is 0 Å². The summed E-state index contributed by atoms with van der Waals surface area (Å²) >= 11 is 0. The molecule has 138 valence electrons. The highest BCUT2D eigenvalue weighted by molar-refractivity contribution is 6.03. The fourth-order valence-corrected chi connectivity index (χ4v) is 2.68. The van der Waals surface area contributed by atoms with E-state index in [1.54, 1.807) is 19.4 Å². The first-order valence-electron chi connectivity index (χ1n) is 8.85. The van der Waals surface area contributed by atoms with Crippen molar-refractivity contribution in [2.24, 2.45) is 0 Å². The number of hydrogen-bond donors (Lipinski definition) is 2. The maximum Gasteiger partial charge on any atom is 0.274 e. The van der Waals surface area contributed by atoms with Gasteiger partial charge in [0.2, 0.25) is 0 Å². The third-order valence-corrected chi connectivity index (χ3v) is 4.29. The number of pyridine rings is 1. The van der Waals surface area contributed by atoms with E-state index < -0.39 is 0 Å². The van der Waals surface area contributed by atoms with Crippen molar-refractivity contribution in [2.75, 3.05) is 24.3 Å². The van der Waals surface area contributed by atoms with Crippen molar-refractivity contribution in [3.05, 3.63) is 83.7 Å². The van der Waals surface area contributed by atoms with Crippen LogP contribution in [-0.4, -0.2) is 24.5 Å². The van der Waals surface area contributed by atoms with Crippen molar-refractivity contribution < 1.29 is 9.53 Å². The Bertz CT molecular complexity index is 890. The number of aryl methyl sites for hydroxylation is 1. The van der Waals surface area contributed by atoms with Gasteiger partial charge in [-0.3, -0.25) is 4.79 Å². The van der Waals surface area contributed by atoms with Gasteiger partial charge < -0.3 is 15.4 Å². The Morgan fingerprint density at radius 2 is 1.81 bits per heavy atom. The van der Waals surface area contributed by atoms with Gasteiger partial charge in [-0.2, -0.15) is 0 Å². The highest BCUT2D eigenvalue weighted by Gasteiger charge is 2.08. The average Bonchev–Trinajstić information content (AvgIpc) is 2.71. The van der Waals surface area contributed by atoms with Gasteiger partial charge in [0.25, 0.3) is 5.91 Å². The Balaban J connectivity index is 1.52. The predicted molar refractivity (Wildman–Crippen MR) is 109 cm³/mol. The molecule has 1 amide bonds. The number of carbonyl (C=O) groups excluding carboxylic acids is 1. The summed E-state index contributed by atoms with van der Waals surface area (Å²) in [5, 5.41) is 6.21. The number of para-hydroxylation sites is 1. The topological polar surface area (TPSA) is 63.2 Å². The van der Waals surface area contributed by atoms with E-state index in [1.165, 1.54) is 5.56 Å². The first-order valence-corrected chi connectivity index (χ1v) is 8.85. The molecule has 0 spiro atoms. The van der Waals surface area contributed by atoms with Crippen molar-refractivity contribution in [3.63, 3.8) is 0 Å². The predicted octanol–water partition coefficient (Wildman–Crippen LogP) is 4.31. The molecule has 3 aromatic rings. The van der Waals surface area contributed by atoms with Crippen LogP contribution in [0.5, 0.6) is 5.75 Å². The van der Waals surface area contributed by atoms with Crippen LogP contribution >= 0.6 is 0 Å². The van der Waals surface area contributed by atoms with Crippen LogP contribution in [0.3, 0.4) is 0 Å². The number of carbonyl (C=O) groups is 1. The van der Waals surface area contributed by atoms with Gasteiger partial charge in [0.05, 0.1) is 19.0 Å². The monoisotopic (exact) mass is 361 g/mol. The number of amides is 1. The summed E-state index contributed by atoms with van der Waals surface area (Å²) in [5.41, 5.74) is 4.31. The highest BCUT2D eigenvalue weighted by Crippen LogP contribution is 2.15. The molecule has 0 radical (unpaired) electrons. The quantitative estimate of drug-likeness (QED) is 0.658. The molecule has 0 bridgehead atoms. The van der Waals surface area contributed by atoms with Gasteiger partial charge >= 0.3 is 0 Å². The van der Waals surface area contributed by atoms with E-state index in [0.717, 1.165) is 35.7 Å². The third-order valence-electron chi connectivity index (χ3n) is 4.29. The fourth-order valence-electron chi connectivity index (χ4n) is 2.68. The summed E-state index contributed by atoms with van der Waals surface area (Å²) in [5.74, 6) is 0.643. The number of ether oxygens (including phenoxy) is 1. The summed E-state index contributed by atoms with van der Waals surface area (Å²) in [6, 6.07) is 19.3. The van der Waals surface area contributed by atoms with Crippen molar-refractivity contribution in [2.45, 2.75) is 13.3 Å². The standard InChI is InChI=1S/C22H23N3O2/c1-16-5-3-4-6-20(16)25-22(26)21-12-9-18(15-24-21)23-14-13-17-7-10-19(27-2)11-8-17/h3-12,15,23H,13-14H2,1-2H3,(H,25,26). The Labute approximate surface area is 159 Å². The molecular weight excluding hydrogens is 338 g/mol. The molecule has 3 rings (SSSR count). The normalized spacial score (nSPS) is 10.3. The molecule has 5 nitrogen and oxygen atoms in total. The van der Waals surface area contributed by atoms with Gasteiger partial charge in [-0.05, 0) is 54.8 Å². The molecule has 2 N–H and O–H groups in total. The molecule has 1 heterocycles. The second kappa shape index (κ2) is 8.85. The SMILES string of the molecule is COc1ccc(CCNc2ccc(C(=O)Nc3ccccc3C)nc2)cc1. The number of rotatable bonds is 7. The largest absolute Gasteiger partial charge is 0.497 e. The number of benzene rings is 2. The lowest BCUT2D eigenvalue weighted by Crippen LogP contribution is -2.14. The van der Waals surface area contributed by atoms with Crippen LogP contribution in [0.25, 0.3) is 0 Å². The Morgan fingerprint density at radius 3 is 2.48 bits per heavy atom. The lowest BCUT2D eigenvalue weighted by Gasteiger charge is -2.09. The van der Waals surface area contributed by atoms with Gasteiger partial charge in [-0.15, -0.1) is 0 Å². The van der Waals surface area contributed by atoms with E-state index in [2.05, 4.69) is 27.8 Å². The number of aromatic nitrogens is 1. The molecule has 0 aliphatic rings. The molecule has 0 atom stereocenters. The van der Waals surface area contributed by atoms with Crippen LogP contribution in [0.1, 0.15) is 21.6 Å². The second-order valence-electron chi connectivity index (χ2n) is 6.23. The zero-order valence-electron chi connectivity index (χ0n) is 15.5. The van der Waals surface area contributed by atoms with Crippen LogP contribution in [-0.2, 0) is 6.42 Å². The van der Waals surface area contributed by atoms with E-state index >= 15 is 0 Å². The summed E-state index contributed by atoms with van der Waals surface area (Å²) < 4.78 is 5.16. The van der Waals surface area contributed by atoms with Crippen molar-refractivity contribution in [3.8, 4) is 5.75 Å². The maximum atomic E-state index is 12.3. The number of hydrogen-bond acceptors (Lipinski definition) is 4. The zero-order valence-corrected chi connectivity index (χ0v) is 15.5. The summed E-state index contributed by atoms with van der Waals surface area (Å²) in [7, 11) is 1.66. The Morgan fingerprint density at radius 1 is 1.04 bits per heavy atom. The lowest BCUT2D eigenvalue weighted by molar-refractivity contribution is 0.102. The maximum absolute atomic E-state index is 12.3. The molecular formula is C22H23N3O2. The molecule has 0 aliphatic heterocycles. The second-order valence-corrected chi connectivity index (χ2v) is 6.23. The minimum absolute atomic E-state index is 0.214. The molecule has 0 saturated heterocycles. The molecule has 1 aromatic heterocycles. The third kappa shape index (κ3) is 5.07. The lowest BCUT2D eigenvalue weighted by atomic mass is 10.1. The summed E-state index contributed by atoms with van der Waals surface area (Å²) in [4.78, 5) is 16.6. The van der Waals surface area contributed by atoms with Gasteiger partial charge in [-0.1, -0.05) is 30.3 Å². The van der Waals surface area contributed by atoms with Crippen molar-refractivity contribution in [1.82, 2.24) is 4.98 Å². The van der Waals surface area contributed by atoms with E-state index in [9.17, 15) is 4.79 Å². The van der Waals surface area contributed by atoms with Crippen LogP contribution in [0.4, 0.5) is 11.4 Å². The van der Waals surface area contributed by atoms with E-state index in [-0.39, 0.29) is 5.91 Å². The smallest absolute Gasteiger partial charge is 0.274 e. The number of anilines is 2. The van der Waals surface area contributed by atoms with Gasteiger partial charge in [-0.25, -0.2) is 4.98 Å². The van der Waals surface area contributed by atoms with Crippen LogP contribution in [0.2, 0.25) is 0 Å². The summed E-state index contributed by atoms with van der Waals surface area (Å²) in [6.07, 6.45) is 2.57. The van der Waals surface area contributed by atoms with Crippen LogP contribution in [0, 0.1) is 6.92 Å². The van der Waals surface area contributed by atoms with Crippen LogP contribution in [0.15, 0.2) is 66.9 Å². The number of methoxy groups -OCH3 is 1. The Hall–Kier alpha value is -3.34. The van der Waals surface area contributed by atoms with Gasteiger partial charge in [0.1, 0.15) is 11.4 Å². The first kappa shape index (κ1) is 18.5. The molecule has 0 saturated carbocycles. The zero-order chi connectivity index (χ0) is 19.1. The molecule has 0 unspecified atom stereocenters. The van der Waals surface area contributed by atoms with E-state index in [4.69, 9.17) is 4.74 Å². The van der Waals surface area contributed by atoms with Crippen molar-refractivity contribution in [1.29, 1.82) is 0 Å². The van der Waals surface area contributed by atoms with Crippen LogP contribution < -0.4 is 15.4 Å². The molecule has 2 aromatic carbocycles. The summed E-state index contributed by atoms with van der Waals surface area (Å²) in [6.45, 7) is 2.74. The minimum atomic E-state index is -0.214. The molecule has 0 fully saturated rings. The van der Waals surface area contributed by atoms with E-state index in [1.807, 2.05) is 49.4 Å². The number of nitrogens with zero attached hydrogens (tertiary/aromatic N) is 1. The first-order chi connectivity index (χ1) is 13.2. The van der Waals surface area contributed by atoms with Gasteiger partial charge in [0, 0.05) is 12.2 Å². The number of nitrogens with one attached hydrogen (secondary N) is 2.